The third kappa shape index (κ3) is 3.12. The van der Waals surface area contributed by atoms with E-state index in [1.165, 1.54) is 24.5 Å². The van der Waals surface area contributed by atoms with E-state index in [0.717, 1.165) is 19.5 Å². The number of aromatic nitrogens is 2. The second-order valence-electron chi connectivity index (χ2n) is 7.53. The van der Waals surface area contributed by atoms with Crippen LogP contribution in [0.5, 0.6) is 0 Å². The van der Waals surface area contributed by atoms with Gasteiger partial charge in [-0.25, -0.2) is 14.4 Å². The second-order valence-corrected chi connectivity index (χ2v) is 7.94. The van der Waals surface area contributed by atoms with Gasteiger partial charge < -0.3 is 10.6 Å². The Labute approximate surface area is 175 Å². The van der Waals surface area contributed by atoms with E-state index in [9.17, 15) is 14.5 Å². The van der Waals surface area contributed by atoms with E-state index in [2.05, 4.69) is 32.4 Å². The van der Waals surface area contributed by atoms with Gasteiger partial charge in [0.2, 0.25) is 0 Å². The minimum absolute atomic E-state index is 0.0407. The van der Waals surface area contributed by atoms with Crippen molar-refractivity contribution >= 4 is 39.7 Å². The van der Waals surface area contributed by atoms with Gasteiger partial charge in [0.25, 0.3) is 5.69 Å². The summed E-state index contributed by atoms with van der Waals surface area (Å²) < 4.78 is 14.3. The molecule has 0 radical (unpaired) electrons. The molecule has 1 aromatic heterocycles. The van der Waals surface area contributed by atoms with Gasteiger partial charge in [0.15, 0.2) is 5.82 Å². The maximum Gasteiger partial charge on any atom is 0.285 e. The highest BCUT2D eigenvalue weighted by atomic mass is 35.5. The van der Waals surface area contributed by atoms with Crippen LogP contribution in [0.1, 0.15) is 12.0 Å². The van der Waals surface area contributed by atoms with E-state index < -0.39 is 10.7 Å². The highest BCUT2D eigenvalue weighted by Crippen LogP contribution is 2.54. The molecule has 30 heavy (non-hydrogen) atoms. The smallest absolute Gasteiger partial charge is 0.285 e. The number of hydrogen-bond acceptors (Lipinski definition) is 6. The number of nitro groups is 1. The molecule has 2 aromatic carbocycles. The third-order valence-electron chi connectivity index (χ3n) is 5.66. The highest BCUT2D eigenvalue weighted by Gasteiger charge is 2.56. The predicted molar refractivity (Wildman–Crippen MR) is 111 cm³/mol. The zero-order valence-electron chi connectivity index (χ0n) is 15.6. The van der Waals surface area contributed by atoms with E-state index in [1.807, 2.05) is 0 Å². The molecule has 1 aliphatic carbocycles. The zero-order valence-corrected chi connectivity index (χ0v) is 16.3. The molecule has 2 atom stereocenters. The van der Waals surface area contributed by atoms with Gasteiger partial charge in [0.1, 0.15) is 17.7 Å². The Morgan fingerprint density at radius 2 is 2.23 bits per heavy atom. The average Bonchev–Trinajstić information content (AvgIpc) is 3.28. The third-order valence-corrected chi connectivity index (χ3v) is 5.96. The molecule has 2 heterocycles. The summed E-state index contributed by atoms with van der Waals surface area (Å²) in [6.07, 6.45) is 2.34. The van der Waals surface area contributed by atoms with Crippen LogP contribution in [0.25, 0.3) is 10.9 Å². The van der Waals surface area contributed by atoms with Crippen molar-refractivity contribution in [3.63, 3.8) is 0 Å². The molecule has 2 aliphatic rings. The molecule has 1 aliphatic heterocycles. The number of piperidine rings is 1. The van der Waals surface area contributed by atoms with Crippen molar-refractivity contribution in [2.45, 2.75) is 6.42 Å². The molecular formula is C21H15ClFN5O2. The van der Waals surface area contributed by atoms with Crippen molar-refractivity contribution in [3.05, 3.63) is 63.2 Å². The number of nitro benzene ring substituents is 1. The van der Waals surface area contributed by atoms with Gasteiger partial charge in [-0.2, -0.15) is 0 Å². The average molecular weight is 424 g/mol. The summed E-state index contributed by atoms with van der Waals surface area (Å²) in [7, 11) is 0. The van der Waals surface area contributed by atoms with Crippen LogP contribution in [0.3, 0.4) is 0 Å². The molecule has 150 valence electrons. The Bertz CT molecular complexity index is 1270. The Hall–Kier alpha value is -3.28. The fraction of sp³-hybridized carbons (Fsp3) is 0.238. The van der Waals surface area contributed by atoms with E-state index in [0.29, 0.717) is 22.4 Å². The molecule has 5 rings (SSSR count). The normalized spacial score (nSPS) is 21.6. The van der Waals surface area contributed by atoms with Gasteiger partial charge in [-0.15, -0.1) is 0 Å². The van der Waals surface area contributed by atoms with Crippen LogP contribution in [0.2, 0.25) is 5.02 Å². The summed E-state index contributed by atoms with van der Waals surface area (Å²) in [5.74, 6) is 6.37. The van der Waals surface area contributed by atoms with Gasteiger partial charge >= 0.3 is 0 Å². The molecule has 9 heteroatoms. The van der Waals surface area contributed by atoms with Crippen LogP contribution in [0, 0.1) is 39.1 Å². The molecule has 7 nitrogen and oxygen atoms in total. The lowest BCUT2D eigenvalue weighted by molar-refractivity contribution is -0.385. The SMILES string of the molecule is O=[N+]([O-])c1cc2c(Nc3cccc(Cl)c3F)ncnc2cc1C#CC12CNC[C@@H]1C2. The molecule has 1 unspecified atom stereocenters. The van der Waals surface area contributed by atoms with E-state index >= 15 is 0 Å². The van der Waals surface area contributed by atoms with Gasteiger partial charge in [-0.3, -0.25) is 10.1 Å². The fourth-order valence-corrected chi connectivity index (χ4v) is 4.07. The highest BCUT2D eigenvalue weighted by molar-refractivity contribution is 6.31. The van der Waals surface area contributed by atoms with Crippen molar-refractivity contribution in [1.29, 1.82) is 0 Å². The zero-order chi connectivity index (χ0) is 20.9. The van der Waals surface area contributed by atoms with Crippen molar-refractivity contribution in [3.8, 4) is 11.8 Å². The summed E-state index contributed by atoms with van der Waals surface area (Å²) in [6, 6.07) is 7.48. The number of nitrogens with one attached hydrogen (secondary N) is 2. The summed E-state index contributed by atoms with van der Waals surface area (Å²) >= 11 is 5.83. The molecule has 0 spiro atoms. The molecular weight excluding hydrogens is 409 g/mol. The number of halogens is 2. The summed E-state index contributed by atoms with van der Waals surface area (Å²) in [6.45, 7) is 1.75. The van der Waals surface area contributed by atoms with Gasteiger partial charge in [-0.05, 0) is 37.1 Å². The lowest BCUT2D eigenvalue weighted by Crippen LogP contribution is -2.14. The monoisotopic (exact) mass is 423 g/mol. The summed E-state index contributed by atoms with van der Waals surface area (Å²) in [4.78, 5) is 19.6. The topological polar surface area (TPSA) is 93.0 Å². The van der Waals surface area contributed by atoms with Crippen molar-refractivity contribution < 1.29 is 9.31 Å². The molecule has 2 fully saturated rings. The number of anilines is 2. The van der Waals surface area contributed by atoms with Crippen LogP contribution < -0.4 is 10.6 Å². The number of benzene rings is 2. The standard InChI is InChI=1S/C21H15ClFN5O2/c22-15-2-1-3-16(19(15)23)27-20-14-7-18(28(29)30)12(6-17(14)25-11-26-20)4-5-21-8-13(21)9-24-10-21/h1-3,6-7,11,13,24H,8-10H2,(H,25,26,27)/t13-,21?/m0/s1. The predicted octanol–water partition coefficient (Wildman–Crippen LogP) is 4.04. The first-order valence-corrected chi connectivity index (χ1v) is 9.73. The van der Waals surface area contributed by atoms with Crippen molar-refractivity contribution in [2.24, 2.45) is 11.3 Å². The van der Waals surface area contributed by atoms with Crippen molar-refractivity contribution in [2.75, 3.05) is 18.4 Å². The molecule has 0 bridgehead atoms. The quantitative estimate of drug-likeness (QED) is 0.375. The minimum Gasteiger partial charge on any atom is -0.337 e. The van der Waals surface area contributed by atoms with Crippen molar-refractivity contribution in [1.82, 2.24) is 15.3 Å². The van der Waals surface area contributed by atoms with Gasteiger partial charge in [-0.1, -0.05) is 29.5 Å². The van der Waals surface area contributed by atoms with Crippen LogP contribution in [-0.4, -0.2) is 28.0 Å². The van der Waals surface area contributed by atoms with E-state index in [-0.39, 0.29) is 27.6 Å². The molecule has 1 saturated heterocycles. The Kier molecular flexibility index (Phi) is 4.31. The van der Waals surface area contributed by atoms with E-state index in [1.54, 1.807) is 12.1 Å². The molecule has 1 saturated carbocycles. The maximum absolute atomic E-state index is 14.3. The number of nitrogens with zero attached hydrogens (tertiary/aromatic N) is 3. The number of fused-ring (bicyclic) bond motifs is 2. The molecule has 2 N–H and O–H groups in total. The summed E-state index contributed by atoms with van der Waals surface area (Å²) in [5, 5.41) is 18.2. The second kappa shape index (κ2) is 6.90. The molecule has 0 amide bonds. The van der Waals surface area contributed by atoms with Crippen LogP contribution in [0.4, 0.5) is 21.6 Å². The van der Waals surface area contributed by atoms with Gasteiger partial charge in [0, 0.05) is 23.4 Å². The van der Waals surface area contributed by atoms with E-state index in [4.69, 9.17) is 11.6 Å². The first-order chi connectivity index (χ1) is 14.5. The van der Waals surface area contributed by atoms with Crippen LogP contribution in [0.15, 0.2) is 36.7 Å². The first-order valence-electron chi connectivity index (χ1n) is 9.35. The fourth-order valence-electron chi connectivity index (χ4n) is 3.89. The Morgan fingerprint density at radius 1 is 1.37 bits per heavy atom. The first kappa shape index (κ1) is 18.7. The number of rotatable bonds is 3. The largest absolute Gasteiger partial charge is 0.337 e. The summed E-state index contributed by atoms with van der Waals surface area (Å²) in [5.41, 5.74) is 0.684. The lowest BCUT2D eigenvalue weighted by Gasteiger charge is -2.10. The molecule has 3 aromatic rings. The van der Waals surface area contributed by atoms with Crippen LogP contribution in [-0.2, 0) is 0 Å². The Balaban J connectivity index is 1.58. The number of hydrogen-bond donors (Lipinski definition) is 2. The Morgan fingerprint density at radius 3 is 2.97 bits per heavy atom. The lowest BCUT2D eigenvalue weighted by atomic mass is 10.0. The maximum atomic E-state index is 14.3. The van der Waals surface area contributed by atoms with Crippen LogP contribution >= 0.6 is 11.6 Å². The minimum atomic E-state index is -0.633. The van der Waals surface area contributed by atoms with Gasteiger partial charge in [0.05, 0.1) is 21.2 Å².